The Labute approximate surface area is 123 Å². The second-order valence-corrected chi connectivity index (χ2v) is 7.23. The number of ether oxygens (including phenoxy) is 3. The third-order valence-corrected chi connectivity index (χ3v) is 4.26. The van der Waals surface area contributed by atoms with E-state index < -0.39 is 0 Å². The molecule has 2 atom stereocenters. The Morgan fingerprint density at radius 3 is 2.55 bits per heavy atom. The van der Waals surface area contributed by atoms with Gasteiger partial charge in [-0.3, -0.25) is 0 Å². The van der Waals surface area contributed by atoms with Crippen LogP contribution < -0.4 is 5.32 Å². The summed E-state index contributed by atoms with van der Waals surface area (Å²) >= 11 is 0. The van der Waals surface area contributed by atoms with E-state index in [9.17, 15) is 0 Å². The molecular formula is C16H31NO3. The SMILES string of the molecule is CCNC1CCC2(CC1OCCC(C)(C)C)OCCO2. The van der Waals surface area contributed by atoms with Crippen molar-refractivity contribution in [2.75, 3.05) is 26.4 Å². The highest BCUT2D eigenvalue weighted by atomic mass is 16.7. The second kappa shape index (κ2) is 6.73. The lowest BCUT2D eigenvalue weighted by Gasteiger charge is -2.41. The molecule has 0 bridgehead atoms. The Balaban J connectivity index is 1.89. The Hall–Kier alpha value is -0.160. The summed E-state index contributed by atoms with van der Waals surface area (Å²) in [6, 6.07) is 0.429. The van der Waals surface area contributed by atoms with E-state index in [1.54, 1.807) is 0 Å². The smallest absolute Gasteiger partial charge is 0.171 e. The van der Waals surface area contributed by atoms with Crippen LogP contribution in [0.3, 0.4) is 0 Å². The van der Waals surface area contributed by atoms with E-state index in [2.05, 4.69) is 33.0 Å². The van der Waals surface area contributed by atoms with Gasteiger partial charge < -0.3 is 19.5 Å². The lowest BCUT2D eigenvalue weighted by Crippen LogP contribution is -2.52. The van der Waals surface area contributed by atoms with Gasteiger partial charge in [-0.1, -0.05) is 27.7 Å². The summed E-state index contributed by atoms with van der Waals surface area (Å²) < 4.78 is 17.9. The molecule has 1 N–H and O–H groups in total. The monoisotopic (exact) mass is 285 g/mol. The van der Waals surface area contributed by atoms with Gasteiger partial charge in [-0.25, -0.2) is 0 Å². The van der Waals surface area contributed by atoms with E-state index in [0.29, 0.717) is 11.5 Å². The predicted molar refractivity (Wildman–Crippen MR) is 79.8 cm³/mol. The molecule has 2 rings (SSSR count). The molecule has 1 spiro atoms. The zero-order valence-corrected chi connectivity index (χ0v) is 13.5. The first kappa shape index (κ1) is 16.2. The van der Waals surface area contributed by atoms with Gasteiger partial charge in [-0.05, 0) is 24.8 Å². The first-order valence-electron chi connectivity index (χ1n) is 8.07. The summed E-state index contributed by atoms with van der Waals surface area (Å²) in [6.45, 7) is 12.2. The molecule has 0 aromatic carbocycles. The van der Waals surface area contributed by atoms with E-state index in [4.69, 9.17) is 14.2 Å². The van der Waals surface area contributed by atoms with Crippen molar-refractivity contribution in [1.29, 1.82) is 0 Å². The minimum atomic E-state index is -0.363. The molecule has 1 aliphatic heterocycles. The number of hydrogen-bond acceptors (Lipinski definition) is 4. The molecule has 1 saturated heterocycles. The van der Waals surface area contributed by atoms with Crippen LogP contribution in [0.15, 0.2) is 0 Å². The number of rotatable bonds is 5. The summed E-state index contributed by atoms with van der Waals surface area (Å²) in [7, 11) is 0. The molecule has 1 aliphatic carbocycles. The molecule has 2 fully saturated rings. The van der Waals surface area contributed by atoms with Crippen molar-refractivity contribution in [2.45, 2.75) is 71.3 Å². The van der Waals surface area contributed by atoms with E-state index in [1.165, 1.54) is 0 Å². The fourth-order valence-corrected chi connectivity index (χ4v) is 3.06. The van der Waals surface area contributed by atoms with Crippen molar-refractivity contribution in [3.8, 4) is 0 Å². The van der Waals surface area contributed by atoms with Gasteiger partial charge in [0, 0.05) is 25.5 Å². The van der Waals surface area contributed by atoms with Crippen molar-refractivity contribution in [3.63, 3.8) is 0 Å². The van der Waals surface area contributed by atoms with Crippen LogP contribution in [0.5, 0.6) is 0 Å². The topological polar surface area (TPSA) is 39.7 Å². The van der Waals surface area contributed by atoms with Gasteiger partial charge in [0.05, 0.1) is 19.3 Å². The third-order valence-electron chi connectivity index (χ3n) is 4.26. The summed E-state index contributed by atoms with van der Waals surface area (Å²) in [5.41, 5.74) is 0.320. The van der Waals surface area contributed by atoms with Crippen LogP contribution in [0.4, 0.5) is 0 Å². The molecule has 1 heterocycles. The number of likely N-dealkylation sites (N-methyl/N-ethyl adjacent to an activating group) is 1. The molecule has 4 nitrogen and oxygen atoms in total. The lowest BCUT2D eigenvalue weighted by atomic mass is 9.87. The van der Waals surface area contributed by atoms with Crippen LogP contribution in [0.1, 0.15) is 53.4 Å². The Kier molecular flexibility index (Phi) is 5.46. The molecule has 2 unspecified atom stereocenters. The van der Waals surface area contributed by atoms with Crippen LogP contribution in [0.2, 0.25) is 0 Å². The van der Waals surface area contributed by atoms with Crippen LogP contribution in [0.25, 0.3) is 0 Å². The maximum atomic E-state index is 6.19. The van der Waals surface area contributed by atoms with Gasteiger partial charge in [-0.2, -0.15) is 0 Å². The second-order valence-electron chi connectivity index (χ2n) is 7.23. The highest BCUT2D eigenvalue weighted by Gasteiger charge is 2.45. The largest absolute Gasteiger partial charge is 0.376 e. The van der Waals surface area contributed by atoms with E-state index in [0.717, 1.165) is 52.0 Å². The molecule has 118 valence electrons. The predicted octanol–water partition coefficient (Wildman–Crippen LogP) is 2.71. The lowest BCUT2D eigenvalue weighted by molar-refractivity contribution is -0.207. The van der Waals surface area contributed by atoms with Gasteiger partial charge in [0.1, 0.15) is 0 Å². The standard InChI is InChI=1S/C16H31NO3/c1-5-17-13-6-7-16(19-10-11-20-16)12-14(13)18-9-8-15(2,3)4/h13-14,17H,5-12H2,1-4H3. The van der Waals surface area contributed by atoms with E-state index in [-0.39, 0.29) is 11.9 Å². The van der Waals surface area contributed by atoms with Crippen molar-refractivity contribution >= 4 is 0 Å². The van der Waals surface area contributed by atoms with Gasteiger partial charge in [0.25, 0.3) is 0 Å². The highest BCUT2D eigenvalue weighted by Crippen LogP contribution is 2.37. The Morgan fingerprint density at radius 1 is 1.25 bits per heavy atom. The van der Waals surface area contributed by atoms with Crippen LogP contribution in [0, 0.1) is 5.41 Å². The minimum absolute atomic E-state index is 0.198. The first-order chi connectivity index (χ1) is 9.44. The van der Waals surface area contributed by atoms with Gasteiger partial charge in [-0.15, -0.1) is 0 Å². The quantitative estimate of drug-likeness (QED) is 0.843. The van der Waals surface area contributed by atoms with Crippen LogP contribution in [-0.4, -0.2) is 44.3 Å². The van der Waals surface area contributed by atoms with Crippen molar-refractivity contribution in [1.82, 2.24) is 5.32 Å². The summed E-state index contributed by atoms with van der Waals surface area (Å²) in [5.74, 6) is -0.363. The fourth-order valence-electron chi connectivity index (χ4n) is 3.06. The van der Waals surface area contributed by atoms with Crippen molar-refractivity contribution in [2.24, 2.45) is 5.41 Å². The highest BCUT2D eigenvalue weighted by molar-refractivity contribution is 4.92. The molecular weight excluding hydrogens is 254 g/mol. The van der Waals surface area contributed by atoms with E-state index in [1.807, 2.05) is 0 Å². The number of hydrogen-bond donors (Lipinski definition) is 1. The molecule has 0 aromatic heterocycles. The van der Waals surface area contributed by atoms with Crippen molar-refractivity contribution in [3.05, 3.63) is 0 Å². The normalized spacial score (nSPS) is 30.0. The third kappa shape index (κ3) is 4.42. The summed E-state index contributed by atoms with van der Waals surface area (Å²) in [4.78, 5) is 0. The minimum Gasteiger partial charge on any atom is -0.376 e. The first-order valence-corrected chi connectivity index (χ1v) is 8.07. The molecule has 2 aliphatic rings. The zero-order chi connectivity index (χ0) is 14.6. The summed E-state index contributed by atoms with van der Waals surface area (Å²) in [6.07, 6.45) is 4.17. The van der Waals surface area contributed by atoms with Crippen LogP contribution >= 0.6 is 0 Å². The molecule has 0 aromatic rings. The van der Waals surface area contributed by atoms with Gasteiger partial charge in [0.2, 0.25) is 0 Å². The van der Waals surface area contributed by atoms with Gasteiger partial charge in [0.15, 0.2) is 5.79 Å². The molecule has 1 saturated carbocycles. The maximum Gasteiger partial charge on any atom is 0.171 e. The maximum absolute atomic E-state index is 6.19. The Morgan fingerprint density at radius 2 is 1.95 bits per heavy atom. The molecule has 0 amide bonds. The zero-order valence-electron chi connectivity index (χ0n) is 13.5. The average Bonchev–Trinajstić information content (AvgIpc) is 2.80. The fraction of sp³-hybridized carbons (Fsp3) is 1.00. The Bertz CT molecular complexity index is 295. The average molecular weight is 285 g/mol. The molecule has 4 heteroatoms. The number of nitrogens with one attached hydrogen (secondary N) is 1. The van der Waals surface area contributed by atoms with Crippen molar-refractivity contribution < 1.29 is 14.2 Å². The molecule has 0 radical (unpaired) electrons. The van der Waals surface area contributed by atoms with E-state index >= 15 is 0 Å². The van der Waals surface area contributed by atoms with Crippen LogP contribution in [-0.2, 0) is 14.2 Å². The summed E-state index contributed by atoms with van der Waals surface area (Å²) in [5, 5.41) is 3.55. The molecule has 20 heavy (non-hydrogen) atoms. The van der Waals surface area contributed by atoms with Gasteiger partial charge >= 0.3 is 0 Å².